The summed E-state index contributed by atoms with van der Waals surface area (Å²) in [5, 5.41) is 0. The van der Waals surface area contributed by atoms with Crippen LogP contribution in [0.1, 0.15) is 45.9 Å². The average molecular weight is 555 g/mol. The third-order valence-electron chi connectivity index (χ3n) is 6.36. The van der Waals surface area contributed by atoms with Gasteiger partial charge in [-0.3, -0.25) is 4.79 Å². The van der Waals surface area contributed by atoms with Crippen molar-refractivity contribution in [3.05, 3.63) is 95.3 Å². The highest BCUT2D eigenvalue weighted by Crippen LogP contribution is 2.31. The van der Waals surface area contributed by atoms with E-state index in [1.54, 1.807) is 59.5 Å². The number of hydrogen-bond donors (Lipinski definition) is 2. The second-order valence-electron chi connectivity index (χ2n) is 9.03. The van der Waals surface area contributed by atoms with E-state index in [4.69, 9.17) is 15.2 Å². The number of nitrogens with one attached hydrogen (secondary N) is 1. The van der Waals surface area contributed by atoms with Crippen LogP contribution in [-0.4, -0.2) is 54.9 Å². The fourth-order valence-corrected chi connectivity index (χ4v) is 5.46. The lowest BCUT2D eigenvalue weighted by Crippen LogP contribution is -2.42. The maximum Gasteiger partial charge on any atom is 0.422 e. The van der Waals surface area contributed by atoms with E-state index in [9.17, 15) is 22.8 Å². The summed E-state index contributed by atoms with van der Waals surface area (Å²) < 4.78 is 39.5. The first kappa shape index (κ1) is 27.9. The number of piperidine rings is 1. The Morgan fingerprint density at radius 2 is 1.54 bits per heavy atom. The Bertz CT molecular complexity index is 1410. The number of hydrogen-bond acceptors (Lipinski definition) is 8. The predicted octanol–water partition coefficient (Wildman–Crippen LogP) is 2.53. The number of rotatable bonds is 9. The van der Waals surface area contributed by atoms with Crippen LogP contribution >= 0.6 is 0 Å². The molecule has 39 heavy (non-hydrogen) atoms. The molecule has 0 radical (unpaired) electrons. The molecule has 1 saturated heterocycles. The molecule has 0 bridgehead atoms. The number of likely N-dealkylation sites (tertiary alicyclic amines) is 1. The first-order chi connectivity index (χ1) is 18.8. The van der Waals surface area contributed by atoms with Crippen molar-refractivity contribution < 1.29 is 32.3 Å². The average Bonchev–Trinajstić information content (AvgIpc) is 3.42. The van der Waals surface area contributed by atoms with Crippen molar-refractivity contribution in [3.8, 4) is 0 Å². The van der Waals surface area contributed by atoms with Crippen LogP contribution in [0.25, 0.3) is 0 Å². The molecule has 4 rings (SSSR count). The number of esters is 1. The molecule has 0 spiro atoms. The highest BCUT2D eigenvalue weighted by molar-refractivity contribution is 7.88. The highest BCUT2D eigenvalue weighted by Gasteiger charge is 2.33. The summed E-state index contributed by atoms with van der Waals surface area (Å²) in [6, 6.07) is 19.2. The van der Waals surface area contributed by atoms with Crippen molar-refractivity contribution in [2.45, 2.75) is 32.0 Å². The minimum absolute atomic E-state index is 0.0840. The molecule has 2 heterocycles. The quantitative estimate of drug-likeness (QED) is 0.383. The summed E-state index contributed by atoms with van der Waals surface area (Å²) >= 11 is 0. The minimum Gasteiger partial charge on any atom is -0.456 e. The minimum atomic E-state index is -4.58. The summed E-state index contributed by atoms with van der Waals surface area (Å²) in [6.07, 6.45) is 1.25. The van der Waals surface area contributed by atoms with Gasteiger partial charge in [0.1, 0.15) is 18.9 Å². The van der Waals surface area contributed by atoms with Crippen LogP contribution in [0.15, 0.2) is 72.9 Å². The number of amides is 2. The number of ether oxygens (including phenoxy) is 2. The van der Waals surface area contributed by atoms with Crippen molar-refractivity contribution in [1.82, 2.24) is 13.6 Å². The van der Waals surface area contributed by atoms with Gasteiger partial charge >= 0.3 is 22.3 Å². The zero-order valence-electron chi connectivity index (χ0n) is 21.2. The molecular formula is C27H30N4O7S. The Balaban J connectivity index is 1.58. The third-order valence-corrected chi connectivity index (χ3v) is 7.61. The summed E-state index contributed by atoms with van der Waals surface area (Å²) in [5.41, 5.74) is 7.06. The van der Waals surface area contributed by atoms with E-state index in [1.807, 2.05) is 10.8 Å². The van der Waals surface area contributed by atoms with Crippen molar-refractivity contribution in [2.24, 2.45) is 5.73 Å². The Kier molecular flexibility index (Phi) is 8.99. The fourth-order valence-electron chi connectivity index (χ4n) is 4.45. The third kappa shape index (κ3) is 7.03. The Morgan fingerprint density at radius 1 is 0.923 bits per heavy atom. The van der Waals surface area contributed by atoms with Gasteiger partial charge in [-0.05, 0) is 35.6 Å². The lowest BCUT2D eigenvalue weighted by Gasteiger charge is -2.32. The Morgan fingerprint density at radius 3 is 2.15 bits per heavy atom. The van der Waals surface area contributed by atoms with Gasteiger partial charge in [-0.25, -0.2) is 18.3 Å². The fraction of sp³-hybridized carbons (Fsp3) is 0.296. The van der Waals surface area contributed by atoms with Crippen LogP contribution in [0.4, 0.5) is 4.79 Å². The van der Waals surface area contributed by atoms with Crippen LogP contribution in [-0.2, 0) is 37.7 Å². The monoisotopic (exact) mass is 554 g/mol. The molecule has 1 aliphatic heterocycles. The van der Waals surface area contributed by atoms with E-state index in [-0.39, 0.29) is 43.8 Å². The Hall–Kier alpha value is -4.16. The zero-order valence-corrected chi connectivity index (χ0v) is 22.0. The molecular weight excluding hydrogens is 524 g/mol. The van der Waals surface area contributed by atoms with Gasteiger partial charge in [0.25, 0.3) is 0 Å². The molecule has 11 nitrogen and oxygen atoms in total. The number of carbonyl (C=O) groups excluding carboxylic acids is 3. The van der Waals surface area contributed by atoms with Gasteiger partial charge < -0.3 is 20.1 Å². The van der Waals surface area contributed by atoms with Crippen molar-refractivity contribution in [1.29, 1.82) is 0 Å². The van der Waals surface area contributed by atoms with Gasteiger partial charge in [-0.1, -0.05) is 60.7 Å². The van der Waals surface area contributed by atoms with Crippen LogP contribution < -0.4 is 10.5 Å². The van der Waals surface area contributed by atoms with Gasteiger partial charge in [-0.2, -0.15) is 8.42 Å². The molecule has 12 heteroatoms. The number of benzene rings is 2. The largest absolute Gasteiger partial charge is 0.456 e. The van der Waals surface area contributed by atoms with Gasteiger partial charge in [0.15, 0.2) is 0 Å². The zero-order chi connectivity index (χ0) is 27.8. The van der Waals surface area contributed by atoms with Crippen LogP contribution in [0.5, 0.6) is 0 Å². The van der Waals surface area contributed by atoms with E-state index in [1.165, 1.54) is 12.3 Å². The first-order valence-electron chi connectivity index (χ1n) is 12.4. The maximum atomic E-state index is 13.3. The molecule has 1 atom stereocenters. The van der Waals surface area contributed by atoms with E-state index in [0.717, 1.165) is 0 Å². The number of carbonyl (C=O) groups is 3. The number of nitrogens with zero attached hydrogens (tertiary/aromatic N) is 2. The van der Waals surface area contributed by atoms with Crippen LogP contribution in [0.2, 0.25) is 0 Å². The lowest BCUT2D eigenvalue weighted by molar-refractivity contribution is -0.130. The smallest absolute Gasteiger partial charge is 0.422 e. The standard InChI is InChI=1S/C27H30N4O7S/c28-16-24(32)30-14-7-12-22(17-30)23-13-15-31(25(23)26(33)37-18-20-8-3-1-4-9-20)39(35,36)29-27(34)38-19-21-10-5-2-6-11-21/h1-6,8-11,13,15,22H,7,12,14,16-19,28H2,(H,29,34). The molecule has 0 aliphatic carbocycles. The first-order valence-corrected chi connectivity index (χ1v) is 13.9. The van der Waals surface area contributed by atoms with E-state index in [0.29, 0.717) is 40.0 Å². The van der Waals surface area contributed by atoms with Crippen LogP contribution in [0, 0.1) is 0 Å². The van der Waals surface area contributed by atoms with E-state index >= 15 is 0 Å². The van der Waals surface area contributed by atoms with Gasteiger partial charge in [0.2, 0.25) is 5.91 Å². The normalized spacial score (nSPS) is 15.4. The number of aromatic nitrogens is 1. The summed E-state index contributed by atoms with van der Waals surface area (Å²) in [6.45, 7) is 0.417. The van der Waals surface area contributed by atoms with Crippen LogP contribution in [0.3, 0.4) is 0 Å². The SMILES string of the molecule is NCC(=O)N1CCCC(c2ccn(S(=O)(=O)NC(=O)OCc3ccccc3)c2C(=O)OCc2ccccc2)C1. The number of nitrogens with two attached hydrogens (primary N) is 1. The van der Waals surface area contributed by atoms with Crippen molar-refractivity contribution in [2.75, 3.05) is 19.6 Å². The lowest BCUT2D eigenvalue weighted by atomic mass is 9.90. The van der Waals surface area contributed by atoms with Gasteiger partial charge in [0, 0.05) is 25.2 Å². The summed E-state index contributed by atoms with van der Waals surface area (Å²) in [7, 11) is -4.58. The summed E-state index contributed by atoms with van der Waals surface area (Å²) in [4.78, 5) is 39.5. The maximum absolute atomic E-state index is 13.3. The second kappa shape index (κ2) is 12.6. The predicted molar refractivity (Wildman–Crippen MR) is 142 cm³/mol. The van der Waals surface area contributed by atoms with E-state index in [2.05, 4.69) is 0 Å². The molecule has 2 amide bonds. The second-order valence-corrected chi connectivity index (χ2v) is 10.6. The molecule has 2 aromatic carbocycles. The highest BCUT2D eigenvalue weighted by atomic mass is 32.2. The molecule has 1 unspecified atom stereocenters. The molecule has 1 fully saturated rings. The summed E-state index contributed by atoms with van der Waals surface area (Å²) in [5.74, 6) is -1.46. The van der Waals surface area contributed by atoms with E-state index < -0.39 is 22.3 Å². The molecule has 1 aromatic heterocycles. The molecule has 3 N–H and O–H groups in total. The Labute approximate surface area is 226 Å². The van der Waals surface area contributed by atoms with Gasteiger partial charge in [-0.15, -0.1) is 0 Å². The van der Waals surface area contributed by atoms with Gasteiger partial charge in [0.05, 0.1) is 6.54 Å². The van der Waals surface area contributed by atoms with Crippen molar-refractivity contribution >= 4 is 28.2 Å². The molecule has 1 aliphatic rings. The molecule has 206 valence electrons. The van der Waals surface area contributed by atoms with Crippen molar-refractivity contribution in [3.63, 3.8) is 0 Å². The molecule has 0 saturated carbocycles. The molecule has 3 aromatic rings. The topological polar surface area (TPSA) is 150 Å².